The smallest absolute Gasteiger partial charge is 0.414 e. The summed E-state index contributed by atoms with van der Waals surface area (Å²) < 4.78 is 10.5. The molecule has 0 aromatic heterocycles. The van der Waals surface area contributed by atoms with Gasteiger partial charge in [0.05, 0.1) is 6.61 Å². The Hall–Kier alpha value is -2.12. The van der Waals surface area contributed by atoms with E-state index in [2.05, 4.69) is 12.2 Å². The Morgan fingerprint density at radius 2 is 1.57 bits per heavy atom. The monoisotopic (exact) mass is 299 g/mol. The minimum Gasteiger partial charge on any atom is -0.492 e. The van der Waals surface area contributed by atoms with Gasteiger partial charge < -0.3 is 25.0 Å². The first kappa shape index (κ1) is 18.9. The number of ether oxygens (including phenoxy) is 2. The molecule has 0 unspecified atom stereocenters. The van der Waals surface area contributed by atoms with Crippen LogP contribution in [0.5, 0.6) is 5.75 Å². The number of rotatable bonds is 7. The second-order valence-corrected chi connectivity index (χ2v) is 4.01. The molecule has 1 aromatic rings. The number of carboxylic acid groups (broad SMARTS) is 2. The Balaban J connectivity index is 0.000000567. The van der Waals surface area contributed by atoms with Crippen LogP contribution >= 0.6 is 0 Å². The first-order valence-corrected chi connectivity index (χ1v) is 6.32. The molecule has 0 saturated carbocycles. The summed E-state index contributed by atoms with van der Waals surface area (Å²) in [5.74, 6) is -2.72. The van der Waals surface area contributed by atoms with E-state index < -0.39 is 11.9 Å². The fourth-order valence-electron chi connectivity index (χ4n) is 1.17. The number of aryl methyl sites for hydroxylation is 1. The van der Waals surface area contributed by atoms with Crippen LogP contribution in [0.1, 0.15) is 5.56 Å². The molecule has 7 nitrogen and oxygen atoms in total. The average molecular weight is 299 g/mol. The van der Waals surface area contributed by atoms with Gasteiger partial charge in [0.15, 0.2) is 0 Å². The Kier molecular flexibility index (Phi) is 10.5. The molecule has 0 saturated heterocycles. The van der Waals surface area contributed by atoms with Gasteiger partial charge in [0.25, 0.3) is 0 Å². The van der Waals surface area contributed by atoms with Crippen LogP contribution in [0, 0.1) is 6.92 Å². The summed E-state index contributed by atoms with van der Waals surface area (Å²) in [6, 6.07) is 8.08. The second kappa shape index (κ2) is 11.7. The molecule has 1 aromatic carbocycles. The topological polar surface area (TPSA) is 105 Å². The summed E-state index contributed by atoms with van der Waals surface area (Å²) in [5, 5.41) is 18.0. The maximum atomic E-state index is 9.10. The molecule has 1 rings (SSSR count). The zero-order chi connectivity index (χ0) is 16.1. The van der Waals surface area contributed by atoms with E-state index in [-0.39, 0.29) is 0 Å². The van der Waals surface area contributed by atoms with Gasteiger partial charge in [-0.15, -0.1) is 0 Å². The number of benzene rings is 1. The summed E-state index contributed by atoms with van der Waals surface area (Å²) >= 11 is 0. The molecular formula is C14H21NO6. The molecule has 0 aliphatic heterocycles. The van der Waals surface area contributed by atoms with E-state index in [9.17, 15) is 0 Å². The van der Waals surface area contributed by atoms with Gasteiger partial charge in [-0.1, -0.05) is 17.7 Å². The lowest BCUT2D eigenvalue weighted by molar-refractivity contribution is -0.159. The minimum absolute atomic E-state index is 0.687. The third kappa shape index (κ3) is 11.4. The van der Waals surface area contributed by atoms with E-state index in [0.29, 0.717) is 6.61 Å². The highest BCUT2D eigenvalue weighted by atomic mass is 16.5. The van der Waals surface area contributed by atoms with Crippen LogP contribution in [0.2, 0.25) is 0 Å². The number of hydrogen-bond donors (Lipinski definition) is 3. The van der Waals surface area contributed by atoms with Gasteiger partial charge in [0.2, 0.25) is 0 Å². The maximum absolute atomic E-state index is 9.10. The van der Waals surface area contributed by atoms with Gasteiger partial charge in [-0.05, 0) is 19.1 Å². The Bertz CT molecular complexity index is 406. The number of nitrogens with one attached hydrogen (secondary N) is 1. The fraction of sp³-hybridized carbons (Fsp3) is 0.429. The minimum atomic E-state index is -1.82. The van der Waals surface area contributed by atoms with Crippen LogP contribution in [0.3, 0.4) is 0 Å². The molecule has 7 heteroatoms. The van der Waals surface area contributed by atoms with E-state index in [1.165, 1.54) is 5.56 Å². The highest BCUT2D eigenvalue weighted by Gasteiger charge is 2.04. The van der Waals surface area contributed by atoms with Gasteiger partial charge in [-0.25, -0.2) is 9.59 Å². The third-order valence-corrected chi connectivity index (χ3v) is 2.23. The van der Waals surface area contributed by atoms with Crippen molar-refractivity contribution in [1.29, 1.82) is 0 Å². The summed E-state index contributed by atoms with van der Waals surface area (Å²) in [7, 11) is 1.70. The number of hydrogen-bond acceptors (Lipinski definition) is 5. The van der Waals surface area contributed by atoms with Crippen molar-refractivity contribution in [3.05, 3.63) is 29.8 Å². The Labute approximate surface area is 123 Å². The number of methoxy groups -OCH3 is 1. The SMILES string of the molecule is COCCNCCOc1ccc(C)cc1.O=C(O)C(=O)O. The number of carboxylic acids is 2. The normalized spacial score (nSPS) is 9.43. The molecule has 118 valence electrons. The molecule has 0 aliphatic rings. The van der Waals surface area contributed by atoms with Crippen molar-refractivity contribution in [2.45, 2.75) is 6.92 Å². The molecule has 21 heavy (non-hydrogen) atoms. The Morgan fingerprint density at radius 3 is 2.05 bits per heavy atom. The first-order chi connectivity index (χ1) is 9.97. The van der Waals surface area contributed by atoms with E-state index in [4.69, 9.17) is 29.3 Å². The molecule has 0 radical (unpaired) electrons. The lowest BCUT2D eigenvalue weighted by Crippen LogP contribution is -2.24. The summed E-state index contributed by atoms with van der Waals surface area (Å²) in [6.07, 6.45) is 0. The highest BCUT2D eigenvalue weighted by molar-refractivity contribution is 6.27. The van der Waals surface area contributed by atoms with Crippen LogP contribution in [0.25, 0.3) is 0 Å². The number of carbonyl (C=O) groups is 2. The van der Waals surface area contributed by atoms with Crippen molar-refractivity contribution >= 4 is 11.9 Å². The van der Waals surface area contributed by atoms with Gasteiger partial charge in [0, 0.05) is 20.2 Å². The van der Waals surface area contributed by atoms with Crippen LogP contribution in [0.15, 0.2) is 24.3 Å². The fourth-order valence-corrected chi connectivity index (χ4v) is 1.17. The van der Waals surface area contributed by atoms with Crippen molar-refractivity contribution in [3.8, 4) is 5.75 Å². The largest absolute Gasteiger partial charge is 0.492 e. The number of aliphatic carboxylic acids is 2. The molecule has 0 spiro atoms. The van der Waals surface area contributed by atoms with Gasteiger partial charge in [0.1, 0.15) is 12.4 Å². The van der Waals surface area contributed by atoms with E-state index in [0.717, 1.165) is 25.4 Å². The van der Waals surface area contributed by atoms with Crippen molar-refractivity contribution in [1.82, 2.24) is 5.32 Å². The average Bonchev–Trinajstić information content (AvgIpc) is 2.45. The lowest BCUT2D eigenvalue weighted by Gasteiger charge is -2.07. The summed E-state index contributed by atoms with van der Waals surface area (Å²) in [4.78, 5) is 18.2. The quantitative estimate of drug-likeness (QED) is 0.504. The predicted molar refractivity (Wildman–Crippen MR) is 76.7 cm³/mol. The van der Waals surface area contributed by atoms with Gasteiger partial charge in [-0.2, -0.15) is 0 Å². The van der Waals surface area contributed by atoms with Crippen LogP contribution < -0.4 is 10.1 Å². The molecule has 0 atom stereocenters. The van der Waals surface area contributed by atoms with Crippen LogP contribution in [-0.4, -0.2) is 55.6 Å². The molecule has 0 aliphatic carbocycles. The van der Waals surface area contributed by atoms with Gasteiger partial charge in [-0.3, -0.25) is 0 Å². The van der Waals surface area contributed by atoms with Crippen molar-refractivity contribution < 1.29 is 29.3 Å². The maximum Gasteiger partial charge on any atom is 0.414 e. The zero-order valence-electron chi connectivity index (χ0n) is 12.2. The lowest BCUT2D eigenvalue weighted by atomic mass is 10.2. The van der Waals surface area contributed by atoms with Crippen LogP contribution in [0.4, 0.5) is 0 Å². The summed E-state index contributed by atoms with van der Waals surface area (Å²) in [6.45, 7) is 5.21. The predicted octanol–water partition coefficient (Wildman–Crippen LogP) is 0.765. The molecule has 0 bridgehead atoms. The standard InChI is InChI=1S/C12H19NO2.C2H2O4/c1-11-3-5-12(6-4-11)15-10-8-13-7-9-14-2;3-1(4)2(5)6/h3-6,13H,7-10H2,1-2H3;(H,3,4)(H,5,6). The Morgan fingerprint density at radius 1 is 1.05 bits per heavy atom. The van der Waals surface area contributed by atoms with E-state index >= 15 is 0 Å². The first-order valence-electron chi connectivity index (χ1n) is 6.32. The molecular weight excluding hydrogens is 278 g/mol. The van der Waals surface area contributed by atoms with Crippen LogP contribution in [-0.2, 0) is 14.3 Å². The van der Waals surface area contributed by atoms with E-state index in [1.54, 1.807) is 7.11 Å². The highest BCUT2D eigenvalue weighted by Crippen LogP contribution is 2.10. The van der Waals surface area contributed by atoms with Gasteiger partial charge >= 0.3 is 11.9 Å². The summed E-state index contributed by atoms with van der Waals surface area (Å²) in [5.41, 5.74) is 1.25. The second-order valence-electron chi connectivity index (χ2n) is 4.01. The molecule has 0 heterocycles. The van der Waals surface area contributed by atoms with Crippen molar-refractivity contribution in [2.24, 2.45) is 0 Å². The van der Waals surface area contributed by atoms with E-state index in [1.807, 2.05) is 24.3 Å². The van der Waals surface area contributed by atoms with Crippen molar-refractivity contribution in [3.63, 3.8) is 0 Å². The molecule has 0 amide bonds. The molecule has 0 fully saturated rings. The van der Waals surface area contributed by atoms with Crippen molar-refractivity contribution in [2.75, 3.05) is 33.4 Å². The molecule has 3 N–H and O–H groups in total. The third-order valence-electron chi connectivity index (χ3n) is 2.23. The zero-order valence-corrected chi connectivity index (χ0v) is 12.2.